The Morgan fingerprint density at radius 3 is 2.05 bits per heavy atom. The Bertz CT molecular complexity index is 388. The van der Waals surface area contributed by atoms with Crippen molar-refractivity contribution in [1.29, 1.82) is 0 Å². The van der Waals surface area contributed by atoms with E-state index in [9.17, 15) is 0 Å². The number of hydrogen-bond donors (Lipinski definition) is 1. The van der Waals surface area contributed by atoms with Crippen molar-refractivity contribution in [1.82, 2.24) is 0 Å². The maximum atomic E-state index is 8.50. The number of aliphatic hydroxyl groups is 1. The second-order valence-corrected chi connectivity index (χ2v) is 7.03. The molecule has 0 bridgehead atoms. The fraction of sp³-hybridized carbons (Fsp3) is 0.647. The molecule has 0 radical (unpaired) electrons. The average Bonchev–Trinajstić information content (AvgIpc) is 2.32. The van der Waals surface area contributed by atoms with Gasteiger partial charge in [-0.15, -0.1) is 0 Å². The van der Waals surface area contributed by atoms with Crippen LogP contribution in [0.15, 0.2) is 24.3 Å². The lowest BCUT2D eigenvalue weighted by molar-refractivity contribution is -0.0126. The van der Waals surface area contributed by atoms with E-state index in [4.69, 9.17) is 14.6 Å². The molecule has 1 aromatic carbocycles. The van der Waals surface area contributed by atoms with E-state index in [2.05, 4.69) is 46.8 Å². The van der Waals surface area contributed by atoms with Crippen LogP contribution < -0.4 is 4.74 Å². The second-order valence-electron chi connectivity index (χ2n) is 7.03. The topological polar surface area (TPSA) is 38.7 Å². The molecule has 0 spiro atoms. The molecule has 0 saturated heterocycles. The molecule has 1 N–H and O–H groups in total. The second kappa shape index (κ2) is 7.09. The molecule has 0 unspecified atom stereocenters. The molecule has 114 valence electrons. The normalized spacial score (nSPS) is 12.5. The van der Waals surface area contributed by atoms with Gasteiger partial charge in [0.2, 0.25) is 0 Å². The van der Waals surface area contributed by atoms with Crippen molar-refractivity contribution in [2.24, 2.45) is 5.41 Å². The highest BCUT2D eigenvalue weighted by atomic mass is 16.6. The molecule has 0 atom stereocenters. The third kappa shape index (κ3) is 5.93. The lowest BCUT2D eigenvalue weighted by atomic mass is 9.72. The molecule has 0 fully saturated rings. The third-order valence-electron chi connectivity index (χ3n) is 3.20. The summed E-state index contributed by atoms with van der Waals surface area (Å²) in [6.07, 6.45) is 1.13. The van der Waals surface area contributed by atoms with E-state index >= 15 is 0 Å². The largest absolute Gasteiger partial charge is 0.491 e. The minimum Gasteiger partial charge on any atom is -0.491 e. The molecular weight excluding hydrogens is 252 g/mol. The summed E-state index contributed by atoms with van der Waals surface area (Å²) in [4.78, 5) is 0. The number of rotatable bonds is 7. The van der Waals surface area contributed by atoms with Gasteiger partial charge in [0.15, 0.2) is 0 Å². The number of benzene rings is 1. The first-order chi connectivity index (χ1) is 9.24. The van der Waals surface area contributed by atoms with Crippen LogP contribution >= 0.6 is 0 Å². The average molecular weight is 280 g/mol. The highest BCUT2D eigenvalue weighted by molar-refractivity contribution is 5.31. The highest BCUT2D eigenvalue weighted by Gasteiger charge is 2.27. The molecule has 0 amide bonds. The van der Waals surface area contributed by atoms with Crippen LogP contribution in [0.5, 0.6) is 5.75 Å². The standard InChI is InChI=1S/C17H28O3/c1-16(2,3)12-17(4,5)14-6-8-15(9-7-14)20-11-10-19-13-18/h6-9,18H,10-13H2,1-5H3. The Hall–Kier alpha value is -1.06. The molecule has 0 saturated carbocycles. The first kappa shape index (κ1) is 17.0. The molecule has 1 aromatic rings. The highest BCUT2D eigenvalue weighted by Crippen LogP contribution is 2.36. The van der Waals surface area contributed by atoms with Crippen LogP contribution in [0.2, 0.25) is 0 Å². The lowest BCUT2D eigenvalue weighted by Crippen LogP contribution is -2.24. The number of ether oxygens (including phenoxy) is 2. The van der Waals surface area contributed by atoms with Crippen molar-refractivity contribution in [3.05, 3.63) is 29.8 Å². The van der Waals surface area contributed by atoms with Gasteiger partial charge in [0.05, 0.1) is 6.61 Å². The number of hydrogen-bond acceptors (Lipinski definition) is 3. The van der Waals surface area contributed by atoms with Crippen molar-refractivity contribution >= 4 is 0 Å². The summed E-state index contributed by atoms with van der Waals surface area (Å²) in [7, 11) is 0. The Balaban J connectivity index is 2.61. The van der Waals surface area contributed by atoms with Crippen LogP contribution in [0.4, 0.5) is 0 Å². The smallest absolute Gasteiger partial charge is 0.143 e. The van der Waals surface area contributed by atoms with Gasteiger partial charge in [-0.2, -0.15) is 0 Å². The van der Waals surface area contributed by atoms with E-state index in [1.54, 1.807) is 0 Å². The molecule has 0 aliphatic rings. The Morgan fingerprint density at radius 2 is 1.55 bits per heavy atom. The first-order valence-electron chi connectivity index (χ1n) is 7.16. The zero-order valence-corrected chi connectivity index (χ0v) is 13.4. The minimum atomic E-state index is -0.261. The van der Waals surface area contributed by atoms with E-state index in [0.717, 1.165) is 12.2 Å². The summed E-state index contributed by atoms with van der Waals surface area (Å²) in [5.74, 6) is 0.835. The van der Waals surface area contributed by atoms with Gasteiger partial charge in [0.1, 0.15) is 19.1 Å². The Kier molecular flexibility index (Phi) is 6.03. The summed E-state index contributed by atoms with van der Waals surface area (Å²) in [6, 6.07) is 8.26. The summed E-state index contributed by atoms with van der Waals surface area (Å²) in [5.41, 5.74) is 1.78. The summed E-state index contributed by atoms with van der Waals surface area (Å²) < 4.78 is 10.4. The quantitative estimate of drug-likeness (QED) is 0.611. The summed E-state index contributed by atoms with van der Waals surface area (Å²) in [6.45, 7) is 12.0. The van der Waals surface area contributed by atoms with Gasteiger partial charge in [-0.3, -0.25) is 0 Å². The molecular formula is C17H28O3. The third-order valence-corrected chi connectivity index (χ3v) is 3.20. The van der Waals surface area contributed by atoms with Crippen LogP contribution in [0.3, 0.4) is 0 Å². The SMILES string of the molecule is CC(C)(C)CC(C)(C)c1ccc(OCCOCO)cc1. The van der Waals surface area contributed by atoms with Gasteiger partial charge in [-0.25, -0.2) is 0 Å². The lowest BCUT2D eigenvalue weighted by Gasteiger charge is -2.33. The van der Waals surface area contributed by atoms with Gasteiger partial charge in [0.25, 0.3) is 0 Å². The Morgan fingerprint density at radius 1 is 0.950 bits per heavy atom. The fourth-order valence-corrected chi connectivity index (χ4v) is 2.71. The zero-order valence-electron chi connectivity index (χ0n) is 13.4. The molecule has 0 aromatic heterocycles. The van der Waals surface area contributed by atoms with E-state index < -0.39 is 0 Å². The van der Waals surface area contributed by atoms with Crippen molar-refractivity contribution in [3.8, 4) is 5.75 Å². The molecule has 0 aliphatic heterocycles. The minimum absolute atomic E-state index is 0.150. The Labute approximate surface area is 122 Å². The monoisotopic (exact) mass is 280 g/mol. The predicted molar refractivity (Wildman–Crippen MR) is 82.1 cm³/mol. The van der Waals surface area contributed by atoms with Gasteiger partial charge in [0, 0.05) is 0 Å². The van der Waals surface area contributed by atoms with E-state index in [1.807, 2.05) is 12.1 Å². The van der Waals surface area contributed by atoms with Gasteiger partial charge < -0.3 is 14.6 Å². The summed E-state index contributed by atoms with van der Waals surface area (Å²) in [5, 5.41) is 8.50. The van der Waals surface area contributed by atoms with Crippen LogP contribution in [-0.4, -0.2) is 25.1 Å². The van der Waals surface area contributed by atoms with Crippen molar-refractivity contribution in [3.63, 3.8) is 0 Å². The molecule has 0 aliphatic carbocycles. The molecule has 1 rings (SSSR count). The van der Waals surface area contributed by atoms with Crippen LogP contribution in [-0.2, 0) is 10.2 Å². The van der Waals surface area contributed by atoms with E-state index in [0.29, 0.717) is 18.6 Å². The van der Waals surface area contributed by atoms with E-state index in [-0.39, 0.29) is 12.2 Å². The maximum Gasteiger partial charge on any atom is 0.143 e. The summed E-state index contributed by atoms with van der Waals surface area (Å²) >= 11 is 0. The first-order valence-corrected chi connectivity index (χ1v) is 7.16. The van der Waals surface area contributed by atoms with Crippen molar-refractivity contribution in [2.75, 3.05) is 20.0 Å². The molecule has 3 heteroatoms. The molecule has 3 nitrogen and oxygen atoms in total. The molecule has 20 heavy (non-hydrogen) atoms. The van der Waals surface area contributed by atoms with Crippen LogP contribution in [0, 0.1) is 5.41 Å². The van der Waals surface area contributed by atoms with Crippen LogP contribution in [0.25, 0.3) is 0 Å². The van der Waals surface area contributed by atoms with Crippen molar-refractivity contribution < 1.29 is 14.6 Å². The van der Waals surface area contributed by atoms with Gasteiger partial charge in [-0.1, -0.05) is 46.8 Å². The van der Waals surface area contributed by atoms with Gasteiger partial charge in [-0.05, 0) is 34.9 Å². The van der Waals surface area contributed by atoms with Gasteiger partial charge >= 0.3 is 0 Å². The maximum absolute atomic E-state index is 8.50. The fourth-order valence-electron chi connectivity index (χ4n) is 2.71. The molecule has 0 heterocycles. The number of aliphatic hydroxyl groups excluding tert-OH is 1. The zero-order chi connectivity index (χ0) is 15.2. The van der Waals surface area contributed by atoms with Crippen molar-refractivity contribution in [2.45, 2.75) is 46.5 Å². The van der Waals surface area contributed by atoms with E-state index in [1.165, 1.54) is 5.56 Å². The van der Waals surface area contributed by atoms with Crippen LogP contribution in [0.1, 0.15) is 46.6 Å². The predicted octanol–water partition coefficient (Wildman–Crippen LogP) is 3.75.